The Hall–Kier alpha value is -4.58. The molecule has 3 amide bonds. The third-order valence-corrected chi connectivity index (χ3v) is 8.71. The molecular weight excluding hydrogens is 605 g/mol. The second kappa shape index (κ2) is 15.3. The van der Waals surface area contributed by atoms with E-state index in [4.69, 9.17) is 24.2 Å². The quantitative estimate of drug-likeness (QED) is 0.306. The van der Waals surface area contributed by atoms with Gasteiger partial charge in [-0.2, -0.15) is 4.98 Å². The number of nitrogens with zero attached hydrogens (tertiary/aromatic N) is 3. The lowest BCUT2D eigenvalue weighted by Crippen LogP contribution is -3.19. The first kappa shape index (κ1) is 33.8. The third kappa shape index (κ3) is 7.87. The van der Waals surface area contributed by atoms with E-state index in [1.807, 2.05) is 13.0 Å². The summed E-state index contributed by atoms with van der Waals surface area (Å²) in [7, 11) is 3.32. The van der Waals surface area contributed by atoms with Crippen molar-refractivity contribution in [2.45, 2.75) is 70.6 Å². The highest BCUT2D eigenvalue weighted by molar-refractivity contribution is 5.90. The molecule has 0 saturated carbocycles. The number of hydrogen-bond donors (Lipinski definition) is 2. The largest absolute Gasteiger partial charge is 0.496 e. The summed E-state index contributed by atoms with van der Waals surface area (Å²) in [5.74, 6) is -0.199. The predicted octanol–water partition coefficient (Wildman–Crippen LogP) is 3.78. The summed E-state index contributed by atoms with van der Waals surface area (Å²) in [5, 5.41) is 3.50. The van der Waals surface area contributed by atoms with Gasteiger partial charge in [0.05, 0.1) is 31.0 Å². The van der Waals surface area contributed by atoms with Gasteiger partial charge in [0.2, 0.25) is 5.88 Å². The molecule has 0 spiro atoms. The highest BCUT2D eigenvalue weighted by Gasteiger charge is 2.48. The Labute approximate surface area is 274 Å². The molecule has 0 radical (unpaired) electrons. The van der Waals surface area contributed by atoms with Gasteiger partial charge in [-0.3, -0.25) is 9.69 Å². The summed E-state index contributed by atoms with van der Waals surface area (Å²) in [6, 6.07) is 7.73. The van der Waals surface area contributed by atoms with Crippen LogP contribution in [0.1, 0.15) is 51.0 Å². The van der Waals surface area contributed by atoms with Gasteiger partial charge >= 0.3 is 12.0 Å². The molecule has 250 valence electrons. The summed E-state index contributed by atoms with van der Waals surface area (Å²) in [6.45, 7) is 4.54. The van der Waals surface area contributed by atoms with Crippen molar-refractivity contribution in [3.8, 4) is 23.0 Å². The Balaban J connectivity index is 1.49. The lowest BCUT2D eigenvalue weighted by atomic mass is 10.1. The number of rotatable bonds is 6. The molecule has 1 aromatic heterocycles. The molecule has 2 N–H and O–H groups in total. The van der Waals surface area contributed by atoms with E-state index < -0.39 is 35.9 Å². The highest BCUT2D eigenvalue weighted by atomic mass is 19.1. The molecule has 2 aliphatic heterocycles. The number of nitrogens with one attached hydrogen (secondary N) is 2. The van der Waals surface area contributed by atoms with Crippen molar-refractivity contribution in [3.63, 3.8) is 0 Å². The molecule has 3 heterocycles. The van der Waals surface area contributed by atoms with Crippen molar-refractivity contribution in [2.24, 2.45) is 0 Å². The fourth-order valence-corrected chi connectivity index (χ4v) is 6.20. The number of carbonyl (C=O) groups is 3. The standard InChI is InChI=1S/C35H42FN5O6/c1-5-46-34(43)27-15-10-8-6-7-9-11-18-40(3)35(44)41-21-25(20-28(41)32(42)37-27)47-33-26-16-17-29(45-4)22(2)30(26)38-31(39-33)23-13-12-14-24(36)19-23/h6,8,12-14,16-17,19,25,27-28H,5,7,9-11,15,18,20-21H2,1-4H3,(H,37,42)/p+1. The Morgan fingerprint density at radius 3 is 2.70 bits per heavy atom. The maximum absolute atomic E-state index is 14.2. The predicted molar refractivity (Wildman–Crippen MR) is 174 cm³/mol. The van der Waals surface area contributed by atoms with E-state index in [9.17, 15) is 18.8 Å². The second-order valence-electron chi connectivity index (χ2n) is 12.0. The van der Waals surface area contributed by atoms with Crippen LogP contribution in [0.25, 0.3) is 22.3 Å². The summed E-state index contributed by atoms with van der Waals surface area (Å²) in [4.78, 5) is 52.0. The first-order chi connectivity index (χ1) is 22.7. The number of urea groups is 1. The van der Waals surface area contributed by atoms with E-state index in [-0.39, 0.29) is 37.3 Å². The van der Waals surface area contributed by atoms with Crippen molar-refractivity contribution in [1.29, 1.82) is 0 Å². The zero-order valence-corrected chi connectivity index (χ0v) is 27.4. The van der Waals surface area contributed by atoms with Gasteiger partial charge in [0.15, 0.2) is 18.0 Å². The molecule has 1 fully saturated rings. The average Bonchev–Trinajstić information content (AvgIpc) is 3.48. The lowest BCUT2D eigenvalue weighted by molar-refractivity contribution is -0.823. The normalized spacial score (nSPS) is 22.6. The minimum Gasteiger partial charge on any atom is -0.496 e. The van der Waals surface area contributed by atoms with Crippen LogP contribution in [-0.4, -0.2) is 84.8 Å². The monoisotopic (exact) mass is 648 g/mol. The summed E-state index contributed by atoms with van der Waals surface area (Å²) in [6.07, 6.45) is 7.30. The number of aromatic nitrogens is 2. The van der Waals surface area contributed by atoms with Crippen molar-refractivity contribution >= 4 is 28.8 Å². The third-order valence-electron chi connectivity index (χ3n) is 8.71. The summed E-state index contributed by atoms with van der Waals surface area (Å²) >= 11 is 0. The zero-order chi connectivity index (χ0) is 33.5. The van der Waals surface area contributed by atoms with Crippen LogP contribution in [0.15, 0.2) is 48.6 Å². The minimum atomic E-state index is -0.844. The Bertz CT molecular complexity index is 1650. The number of quaternary nitrogens is 1. The Morgan fingerprint density at radius 1 is 1.13 bits per heavy atom. The number of amides is 3. The smallest absolute Gasteiger partial charge is 0.417 e. The number of carbonyl (C=O) groups excluding carboxylic acids is 3. The molecule has 2 aromatic carbocycles. The van der Waals surface area contributed by atoms with Gasteiger partial charge in [0, 0.05) is 24.7 Å². The minimum absolute atomic E-state index is 0.191. The van der Waals surface area contributed by atoms with Crippen LogP contribution < -0.4 is 19.7 Å². The van der Waals surface area contributed by atoms with Crippen molar-refractivity contribution in [2.75, 3.05) is 33.9 Å². The van der Waals surface area contributed by atoms with E-state index in [0.29, 0.717) is 46.5 Å². The summed E-state index contributed by atoms with van der Waals surface area (Å²) in [5.41, 5.74) is 1.81. The van der Waals surface area contributed by atoms with Crippen molar-refractivity contribution in [3.05, 3.63) is 59.9 Å². The molecule has 12 heteroatoms. The van der Waals surface area contributed by atoms with Gasteiger partial charge < -0.3 is 19.5 Å². The van der Waals surface area contributed by atoms with Crippen LogP contribution in [0.2, 0.25) is 0 Å². The van der Waals surface area contributed by atoms with Crippen molar-refractivity contribution in [1.82, 2.24) is 20.2 Å². The van der Waals surface area contributed by atoms with Gasteiger partial charge in [0.25, 0.3) is 5.91 Å². The van der Waals surface area contributed by atoms with E-state index >= 15 is 0 Å². The number of benzene rings is 2. The summed E-state index contributed by atoms with van der Waals surface area (Å²) < 4.78 is 31.5. The Morgan fingerprint density at radius 2 is 1.94 bits per heavy atom. The number of methoxy groups -OCH3 is 1. The molecule has 4 atom stereocenters. The van der Waals surface area contributed by atoms with E-state index in [1.165, 1.54) is 12.1 Å². The molecule has 2 aliphatic rings. The number of aryl methyl sites for hydroxylation is 1. The van der Waals surface area contributed by atoms with Gasteiger partial charge in [-0.25, -0.2) is 23.9 Å². The SMILES string of the molecule is CCOC(=O)C1CCC=CCCCCN(C)C(=O)[NH+]2CC(Oc3nc(-c4cccc(F)c4)nc4c(C)c(OC)ccc34)CC2C(=O)N1. The molecule has 47 heavy (non-hydrogen) atoms. The molecule has 0 bridgehead atoms. The lowest BCUT2D eigenvalue weighted by Gasteiger charge is -2.25. The molecular formula is C35H43FN5O6+. The van der Waals surface area contributed by atoms with Crippen LogP contribution in [0.4, 0.5) is 9.18 Å². The van der Waals surface area contributed by atoms with Gasteiger partial charge in [-0.1, -0.05) is 24.3 Å². The molecule has 4 unspecified atom stereocenters. The fraction of sp³-hybridized carbons (Fsp3) is 0.457. The fourth-order valence-electron chi connectivity index (χ4n) is 6.20. The maximum atomic E-state index is 14.2. The number of allylic oxidation sites excluding steroid dienone is 2. The van der Waals surface area contributed by atoms with Gasteiger partial charge in [-0.15, -0.1) is 0 Å². The number of ether oxygens (including phenoxy) is 3. The first-order valence-corrected chi connectivity index (χ1v) is 16.2. The van der Waals surface area contributed by atoms with Crippen LogP contribution in [0.5, 0.6) is 11.6 Å². The van der Waals surface area contributed by atoms with E-state index in [0.717, 1.165) is 24.8 Å². The molecule has 5 rings (SSSR count). The maximum Gasteiger partial charge on any atom is 0.417 e. The molecule has 1 saturated heterocycles. The average molecular weight is 649 g/mol. The number of halogens is 1. The molecule has 11 nitrogen and oxygen atoms in total. The van der Waals surface area contributed by atoms with E-state index in [2.05, 4.69) is 11.4 Å². The number of esters is 1. The zero-order valence-electron chi connectivity index (χ0n) is 27.4. The Kier molecular flexibility index (Phi) is 11.0. The van der Waals surface area contributed by atoms with Crippen molar-refractivity contribution < 1.29 is 37.9 Å². The number of fused-ring (bicyclic) bond motifs is 2. The first-order valence-electron chi connectivity index (χ1n) is 16.2. The van der Waals surface area contributed by atoms with Crippen LogP contribution in [-0.2, 0) is 14.3 Å². The van der Waals surface area contributed by atoms with Gasteiger partial charge in [-0.05, 0) is 70.2 Å². The van der Waals surface area contributed by atoms with E-state index in [1.54, 1.807) is 50.2 Å². The van der Waals surface area contributed by atoms with Crippen LogP contribution in [0, 0.1) is 12.7 Å². The topological polar surface area (TPSA) is 124 Å². The highest BCUT2D eigenvalue weighted by Crippen LogP contribution is 2.34. The van der Waals surface area contributed by atoms with Crippen LogP contribution in [0.3, 0.4) is 0 Å². The van der Waals surface area contributed by atoms with Crippen LogP contribution >= 0.6 is 0 Å². The number of hydrogen-bond acceptors (Lipinski definition) is 8. The molecule has 0 aliphatic carbocycles. The van der Waals surface area contributed by atoms with Gasteiger partial charge in [0.1, 0.15) is 24.2 Å². The second-order valence-corrected chi connectivity index (χ2v) is 12.0. The molecule has 3 aromatic rings.